The Balaban J connectivity index is 2.00. The van der Waals surface area contributed by atoms with Crippen LogP contribution >= 0.6 is 11.6 Å². The highest BCUT2D eigenvalue weighted by molar-refractivity contribution is 6.30. The molecule has 1 heterocycles. The highest BCUT2D eigenvalue weighted by Crippen LogP contribution is 2.27. The van der Waals surface area contributed by atoms with Gasteiger partial charge in [-0.25, -0.2) is 0 Å². The van der Waals surface area contributed by atoms with E-state index >= 15 is 0 Å². The van der Waals surface area contributed by atoms with Crippen molar-refractivity contribution in [2.45, 2.75) is 50.7 Å². The van der Waals surface area contributed by atoms with Gasteiger partial charge in [0.1, 0.15) is 5.54 Å². The molecule has 2 rings (SSSR count). The maximum absolute atomic E-state index is 9.29. The number of nitriles is 1. The van der Waals surface area contributed by atoms with Gasteiger partial charge in [0.05, 0.1) is 23.3 Å². The van der Waals surface area contributed by atoms with Crippen molar-refractivity contribution < 1.29 is 0 Å². The molecule has 17 heavy (non-hydrogen) atoms. The van der Waals surface area contributed by atoms with Gasteiger partial charge in [-0.2, -0.15) is 10.4 Å². The number of nitrogens with zero attached hydrogens (tertiary/aromatic N) is 3. The van der Waals surface area contributed by atoms with E-state index < -0.39 is 5.54 Å². The predicted molar refractivity (Wildman–Crippen MR) is 66.7 cm³/mol. The summed E-state index contributed by atoms with van der Waals surface area (Å²) in [7, 11) is 0. The van der Waals surface area contributed by atoms with E-state index in [9.17, 15) is 5.26 Å². The lowest BCUT2D eigenvalue weighted by Gasteiger charge is -2.26. The van der Waals surface area contributed by atoms with Crippen LogP contribution in [0.2, 0.25) is 5.02 Å². The summed E-state index contributed by atoms with van der Waals surface area (Å²) < 4.78 is 1.81. The van der Waals surface area contributed by atoms with Gasteiger partial charge in [-0.05, 0) is 26.7 Å². The van der Waals surface area contributed by atoms with E-state index in [1.807, 2.05) is 18.5 Å². The van der Waals surface area contributed by atoms with Gasteiger partial charge in [-0.1, -0.05) is 11.6 Å². The van der Waals surface area contributed by atoms with Crippen LogP contribution in [0.15, 0.2) is 12.4 Å². The molecule has 1 aliphatic carbocycles. The second kappa shape index (κ2) is 4.67. The van der Waals surface area contributed by atoms with Crippen molar-refractivity contribution in [1.82, 2.24) is 15.1 Å². The van der Waals surface area contributed by atoms with Crippen LogP contribution in [0.3, 0.4) is 0 Å². The first-order valence-corrected chi connectivity index (χ1v) is 6.29. The smallest absolute Gasteiger partial charge is 0.106 e. The fourth-order valence-electron chi connectivity index (χ4n) is 2.06. The largest absolute Gasteiger partial charge is 0.297 e. The molecule has 2 unspecified atom stereocenters. The Morgan fingerprint density at radius 1 is 1.76 bits per heavy atom. The molecule has 0 bridgehead atoms. The second-order valence-electron chi connectivity index (χ2n) is 5.05. The number of halogens is 1. The zero-order valence-corrected chi connectivity index (χ0v) is 10.9. The normalized spacial score (nSPS) is 20.6. The first kappa shape index (κ1) is 12.4. The van der Waals surface area contributed by atoms with Crippen LogP contribution in [-0.2, 0) is 0 Å². The summed E-state index contributed by atoms with van der Waals surface area (Å²) in [5.74, 6) is 0. The van der Waals surface area contributed by atoms with Crippen molar-refractivity contribution in [1.29, 1.82) is 5.26 Å². The van der Waals surface area contributed by atoms with Crippen molar-refractivity contribution in [2.24, 2.45) is 0 Å². The second-order valence-corrected chi connectivity index (χ2v) is 5.49. The summed E-state index contributed by atoms with van der Waals surface area (Å²) in [5.41, 5.74) is -0.487. The van der Waals surface area contributed by atoms with Gasteiger partial charge < -0.3 is 0 Å². The van der Waals surface area contributed by atoms with E-state index in [0.717, 1.165) is 6.42 Å². The topological polar surface area (TPSA) is 53.6 Å². The van der Waals surface area contributed by atoms with Gasteiger partial charge in [-0.15, -0.1) is 0 Å². The molecule has 0 aliphatic heterocycles. The number of rotatable bonds is 5. The lowest BCUT2D eigenvalue weighted by atomic mass is 9.95. The summed E-state index contributed by atoms with van der Waals surface area (Å²) in [6.45, 7) is 4.00. The summed E-state index contributed by atoms with van der Waals surface area (Å²) in [6.07, 6.45) is 6.49. The molecular formula is C12H17ClN4. The van der Waals surface area contributed by atoms with Crippen LogP contribution in [0.1, 0.15) is 39.2 Å². The quantitative estimate of drug-likeness (QED) is 0.876. The third kappa shape index (κ3) is 3.21. The van der Waals surface area contributed by atoms with Crippen LogP contribution < -0.4 is 5.32 Å². The molecule has 0 saturated heterocycles. The van der Waals surface area contributed by atoms with E-state index in [1.165, 1.54) is 12.8 Å². The molecule has 0 amide bonds. The zero-order valence-electron chi connectivity index (χ0n) is 10.2. The molecule has 5 heteroatoms. The minimum Gasteiger partial charge on any atom is -0.297 e. The average Bonchev–Trinajstić information content (AvgIpc) is 2.97. The van der Waals surface area contributed by atoms with Crippen LogP contribution in [0, 0.1) is 11.3 Å². The number of nitrogens with one attached hydrogen (secondary N) is 1. The fourth-order valence-corrected chi connectivity index (χ4v) is 2.20. The highest BCUT2D eigenvalue weighted by Gasteiger charge is 2.34. The lowest BCUT2D eigenvalue weighted by Crippen LogP contribution is -2.43. The minimum absolute atomic E-state index is 0.151. The number of hydrogen-bond acceptors (Lipinski definition) is 3. The molecule has 1 saturated carbocycles. The van der Waals surface area contributed by atoms with Gasteiger partial charge >= 0.3 is 0 Å². The van der Waals surface area contributed by atoms with E-state index in [2.05, 4.69) is 16.5 Å². The Morgan fingerprint density at radius 2 is 2.47 bits per heavy atom. The molecule has 4 nitrogen and oxygen atoms in total. The first-order valence-electron chi connectivity index (χ1n) is 5.91. The molecule has 0 aromatic carbocycles. The van der Waals surface area contributed by atoms with Crippen LogP contribution in [0.5, 0.6) is 0 Å². The van der Waals surface area contributed by atoms with Gasteiger partial charge in [0.2, 0.25) is 0 Å². The van der Waals surface area contributed by atoms with E-state index in [4.69, 9.17) is 11.6 Å². The van der Waals surface area contributed by atoms with Gasteiger partial charge in [-0.3, -0.25) is 10.00 Å². The molecule has 0 spiro atoms. The maximum Gasteiger partial charge on any atom is 0.106 e. The van der Waals surface area contributed by atoms with Gasteiger partial charge in [0, 0.05) is 18.7 Å². The van der Waals surface area contributed by atoms with E-state index in [-0.39, 0.29) is 6.04 Å². The van der Waals surface area contributed by atoms with Crippen LogP contribution in [-0.4, -0.2) is 21.4 Å². The Bertz CT molecular complexity index is 432. The Kier molecular flexibility index (Phi) is 3.41. The van der Waals surface area contributed by atoms with Crippen molar-refractivity contribution in [2.75, 3.05) is 0 Å². The summed E-state index contributed by atoms with van der Waals surface area (Å²) in [5, 5.41) is 17.5. The SMILES string of the molecule is CC(CC(C)(C#N)NC1CC1)n1cc(Cl)cn1. The van der Waals surface area contributed by atoms with E-state index in [1.54, 1.807) is 12.4 Å². The molecule has 1 N–H and O–H groups in total. The molecule has 1 aliphatic rings. The van der Waals surface area contributed by atoms with E-state index in [0.29, 0.717) is 11.1 Å². The minimum atomic E-state index is -0.487. The van der Waals surface area contributed by atoms with Crippen LogP contribution in [0.4, 0.5) is 0 Å². The van der Waals surface area contributed by atoms with Gasteiger partial charge in [0.25, 0.3) is 0 Å². The molecule has 1 fully saturated rings. The fraction of sp³-hybridized carbons (Fsp3) is 0.667. The zero-order chi connectivity index (χ0) is 12.5. The molecule has 1 aromatic rings. The average molecular weight is 253 g/mol. The third-order valence-corrected chi connectivity index (χ3v) is 3.27. The number of aromatic nitrogens is 2. The molecule has 1 aromatic heterocycles. The molecule has 0 radical (unpaired) electrons. The Labute approximate surface area is 107 Å². The number of hydrogen-bond donors (Lipinski definition) is 1. The summed E-state index contributed by atoms with van der Waals surface area (Å²) in [4.78, 5) is 0. The Hall–Kier alpha value is -1.05. The highest BCUT2D eigenvalue weighted by atomic mass is 35.5. The van der Waals surface area contributed by atoms with Crippen LogP contribution in [0.25, 0.3) is 0 Å². The van der Waals surface area contributed by atoms with Crippen molar-refractivity contribution in [3.05, 3.63) is 17.4 Å². The maximum atomic E-state index is 9.29. The van der Waals surface area contributed by atoms with Crippen molar-refractivity contribution in [3.63, 3.8) is 0 Å². The third-order valence-electron chi connectivity index (χ3n) is 3.07. The van der Waals surface area contributed by atoms with Gasteiger partial charge in [0.15, 0.2) is 0 Å². The summed E-state index contributed by atoms with van der Waals surface area (Å²) >= 11 is 5.84. The lowest BCUT2D eigenvalue weighted by molar-refractivity contribution is 0.330. The standard InChI is InChI=1S/C12H17ClN4/c1-9(17-7-10(13)6-15-17)5-12(2,8-14)16-11-3-4-11/h6-7,9,11,16H,3-5H2,1-2H3. The Morgan fingerprint density at radius 3 is 2.94 bits per heavy atom. The molecule has 2 atom stereocenters. The van der Waals surface area contributed by atoms with Crippen molar-refractivity contribution >= 4 is 11.6 Å². The predicted octanol–water partition coefficient (Wildman–Crippen LogP) is 2.52. The monoisotopic (exact) mass is 252 g/mol. The summed E-state index contributed by atoms with van der Waals surface area (Å²) in [6, 6.07) is 3.04. The molecule has 92 valence electrons. The molecular weight excluding hydrogens is 236 g/mol. The van der Waals surface area contributed by atoms with Crippen molar-refractivity contribution in [3.8, 4) is 6.07 Å². The first-order chi connectivity index (χ1) is 8.02.